The van der Waals surface area contributed by atoms with Crippen LogP contribution in [0.2, 0.25) is 0 Å². The van der Waals surface area contributed by atoms with Crippen molar-refractivity contribution in [1.29, 1.82) is 0 Å². The summed E-state index contributed by atoms with van der Waals surface area (Å²) in [6, 6.07) is -0.169. The molecule has 0 aromatic rings. The van der Waals surface area contributed by atoms with Gasteiger partial charge < -0.3 is 20.9 Å². The minimum Gasteiger partial charge on any atom is -0.354 e. The Kier molecular flexibility index (Phi) is 2.62. The van der Waals surface area contributed by atoms with Crippen LogP contribution in [0, 0.1) is 0 Å². The zero-order chi connectivity index (χ0) is 7.56. The first-order chi connectivity index (χ1) is 4.75. The average molecular weight is 146 g/mol. The van der Waals surface area contributed by atoms with E-state index >= 15 is 0 Å². The van der Waals surface area contributed by atoms with Gasteiger partial charge in [-0.25, -0.2) is 0 Å². The molecule has 10 heavy (non-hydrogen) atoms. The van der Waals surface area contributed by atoms with Gasteiger partial charge >= 0.3 is 0 Å². The second-order valence-electron chi connectivity index (χ2n) is 2.50. The van der Waals surface area contributed by atoms with Crippen molar-refractivity contribution in [2.75, 3.05) is 13.7 Å². The van der Waals surface area contributed by atoms with Gasteiger partial charge in [0.05, 0.1) is 12.6 Å². The predicted molar refractivity (Wildman–Crippen MR) is 37.3 cm³/mol. The summed E-state index contributed by atoms with van der Waals surface area (Å²) in [5, 5.41) is 0. The van der Waals surface area contributed by atoms with Crippen molar-refractivity contribution in [2.45, 2.75) is 24.8 Å². The van der Waals surface area contributed by atoms with Crippen molar-refractivity contribution < 1.29 is 9.47 Å². The normalized spacial score (nSPS) is 41.7. The van der Waals surface area contributed by atoms with E-state index in [9.17, 15) is 0 Å². The molecule has 0 amide bonds. The van der Waals surface area contributed by atoms with Gasteiger partial charge in [-0.1, -0.05) is 0 Å². The van der Waals surface area contributed by atoms with Crippen LogP contribution in [-0.2, 0) is 9.47 Å². The molecule has 1 aliphatic heterocycles. The maximum Gasteiger partial charge on any atom is 0.173 e. The molecule has 0 aliphatic carbocycles. The summed E-state index contributed by atoms with van der Waals surface area (Å²) in [4.78, 5) is 0. The smallest absolute Gasteiger partial charge is 0.173 e. The molecule has 0 spiro atoms. The fraction of sp³-hybridized carbons (Fsp3) is 1.00. The summed E-state index contributed by atoms with van der Waals surface area (Å²) in [6.45, 7) is 0.646. The van der Waals surface area contributed by atoms with Crippen molar-refractivity contribution in [2.24, 2.45) is 11.5 Å². The van der Waals surface area contributed by atoms with Gasteiger partial charge in [0.15, 0.2) is 6.29 Å². The van der Waals surface area contributed by atoms with E-state index in [1.807, 2.05) is 0 Å². The summed E-state index contributed by atoms with van der Waals surface area (Å²) >= 11 is 0. The standard InChI is InChI=1S/C6H14N2O2/c1-9-6-5(8)4(7)2-3-10-6/h4-6H,2-3,7-8H2,1H3/t4-,5-,6-/m0/s1. The lowest BCUT2D eigenvalue weighted by Gasteiger charge is -2.32. The lowest BCUT2D eigenvalue weighted by atomic mass is 10.0. The molecule has 0 bridgehead atoms. The average Bonchev–Trinajstić information content (AvgIpc) is 1.95. The Hall–Kier alpha value is -0.160. The van der Waals surface area contributed by atoms with E-state index in [2.05, 4.69) is 0 Å². The summed E-state index contributed by atoms with van der Waals surface area (Å²) in [7, 11) is 1.57. The van der Waals surface area contributed by atoms with Crippen molar-refractivity contribution in [1.82, 2.24) is 0 Å². The first kappa shape index (κ1) is 7.94. The highest BCUT2D eigenvalue weighted by atomic mass is 16.7. The molecule has 0 radical (unpaired) electrons. The van der Waals surface area contributed by atoms with Gasteiger partial charge in [0.1, 0.15) is 0 Å². The monoisotopic (exact) mass is 146 g/mol. The van der Waals surface area contributed by atoms with Gasteiger partial charge in [-0.2, -0.15) is 0 Å². The Morgan fingerprint density at radius 2 is 2.20 bits per heavy atom. The van der Waals surface area contributed by atoms with Crippen LogP contribution in [0.15, 0.2) is 0 Å². The summed E-state index contributed by atoms with van der Waals surface area (Å²) in [5.74, 6) is 0. The second kappa shape index (κ2) is 3.30. The topological polar surface area (TPSA) is 70.5 Å². The molecular formula is C6H14N2O2. The van der Waals surface area contributed by atoms with E-state index in [1.165, 1.54) is 0 Å². The van der Waals surface area contributed by atoms with Crippen LogP contribution >= 0.6 is 0 Å². The zero-order valence-electron chi connectivity index (χ0n) is 6.12. The Labute approximate surface area is 60.5 Å². The molecule has 1 saturated heterocycles. The van der Waals surface area contributed by atoms with Gasteiger partial charge in [-0.3, -0.25) is 0 Å². The van der Waals surface area contributed by atoms with Crippen molar-refractivity contribution in [3.63, 3.8) is 0 Å². The zero-order valence-corrected chi connectivity index (χ0v) is 6.12. The molecule has 1 rings (SSSR count). The van der Waals surface area contributed by atoms with Gasteiger partial charge in [0, 0.05) is 13.2 Å². The third-order valence-corrected chi connectivity index (χ3v) is 1.77. The van der Waals surface area contributed by atoms with Crippen molar-refractivity contribution in [3.8, 4) is 0 Å². The molecule has 1 aliphatic rings. The lowest BCUT2D eigenvalue weighted by Crippen LogP contribution is -2.54. The highest BCUT2D eigenvalue weighted by Crippen LogP contribution is 2.10. The van der Waals surface area contributed by atoms with E-state index in [0.29, 0.717) is 6.61 Å². The molecule has 4 N–H and O–H groups in total. The SMILES string of the molecule is CO[C@H]1OCC[C@H](N)[C@@H]1N. The number of hydrogen-bond acceptors (Lipinski definition) is 4. The van der Waals surface area contributed by atoms with Gasteiger partial charge in [-0.15, -0.1) is 0 Å². The van der Waals surface area contributed by atoms with Crippen LogP contribution in [0.1, 0.15) is 6.42 Å². The van der Waals surface area contributed by atoms with Crippen molar-refractivity contribution >= 4 is 0 Å². The van der Waals surface area contributed by atoms with E-state index in [4.69, 9.17) is 20.9 Å². The van der Waals surface area contributed by atoms with Crippen molar-refractivity contribution in [3.05, 3.63) is 0 Å². The Balaban J connectivity index is 2.42. The molecule has 0 aromatic carbocycles. The second-order valence-corrected chi connectivity index (χ2v) is 2.50. The predicted octanol–water partition coefficient (Wildman–Crippen LogP) is -0.966. The number of ether oxygens (including phenoxy) is 2. The van der Waals surface area contributed by atoms with E-state index < -0.39 is 0 Å². The minimum absolute atomic E-state index is 0.0127. The van der Waals surface area contributed by atoms with Gasteiger partial charge in [0.25, 0.3) is 0 Å². The molecule has 0 saturated carbocycles. The minimum atomic E-state index is -0.316. The van der Waals surface area contributed by atoms with E-state index in [-0.39, 0.29) is 18.4 Å². The third-order valence-electron chi connectivity index (χ3n) is 1.77. The molecular weight excluding hydrogens is 132 g/mol. The van der Waals surface area contributed by atoms with Gasteiger partial charge in [0.2, 0.25) is 0 Å². The van der Waals surface area contributed by atoms with Crippen LogP contribution in [-0.4, -0.2) is 32.1 Å². The fourth-order valence-electron chi connectivity index (χ4n) is 1.05. The number of rotatable bonds is 1. The molecule has 0 aromatic heterocycles. The summed E-state index contributed by atoms with van der Waals surface area (Å²) in [6.07, 6.45) is 0.504. The summed E-state index contributed by atoms with van der Waals surface area (Å²) in [5.41, 5.74) is 11.3. The van der Waals surface area contributed by atoms with E-state index in [1.54, 1.807) is 7.11 Å². The van der Waals surface area contributed by atoms with Crippen LogP contribution in [0.3, 0.4) is 0 Å². The first-order valence-electron chi connectivity index (χ1n) is 3.41. The highest BCUT2D eigenvalue weighted by molar-refractivity contribution is 4.82. The maximum atomic E-state index is 5.66. The molecule has 0 unspecified atom stereocenters. The Morgan fingerprint density at radius 1 is 1.50 bits per heavy atom. The number of hydrogen-bond donors (Lipinski definition) is 2. The fourth-order valence-corrected chi connectivity index (χ4v) is 1.05. The molecule has 1 fully saturated rings. The van der Waals surface area contributed by atoms with Gasteiger partial charge in [-0.05, 0) is 6.42 Å². The molecule has 4 nitrogen and oxygen atoms in total. The van der Waals surface area contributed by atoms with Crippen LogP contribution in [0.4, 0.5) is 0 Å². The maximum absolute atomic E-state index is 5.66. The Bertz CT molecular complexity index is 110. The highest BCUT2D eigenvalue weighted by Gasteiger charge is 2.28. The quantitative estimate of drug-likeness (QED) is 0.499. The third kappa shape index (κ3) is 1.46. The molecule has 3 atom stereocenters. The van der Waals surface area contributed by atoms with Crippen LogP contribution in [0.5, 0.6) is 0 Å². The Morgan fingerprint density at radius 3 is 2.70 bits per heavy atom. The summed E-state index contributed by atoms with van der Waals surface area (Å²) < 4.78 is 10.1. The molecule has 60 valence electrons. The lowest BCUT2D eigenvalue weighted by molar-refractivity contribution is -0.160. The largest absolute Gasteiger partial charge is 0.354 e. The number of nitrogens with two attached hydrogens (primary N) is 2. The van der Waals surface area contributed by atoms with E-state index in [0.717, 1.165) is 6.42 Å². The number of methoxy groups -OCH3 is 1. The molecule has 1 heterocycles. The molecule has 4 heteroatoms. The van der Waals surface area contributed by atoms with Crippen LogP contribution < -0.4 is 11.5 Å². The van der Waals surface area contributed by atoms with Crippen LogP contribution in [0.25, 0.3) is 0 Å². The first-order valence-corrected chi connectivity index (χ1v) is 3.41.